The number of nitrogens with zero attached hydrogens (tertiary/aromatic N) is 1. The second kappa shape index (κ2) is 5.69. The van der Waals surface area contributed by atoms with Crippen LogP contribution in [0.1, 0.15) is 51.9 Å². The quantitative estimate of drug-likeness (QED) is 0.815. The van der Waals surface area contributed by atoms with Gasteiger partial charge in [0.25, 0.3) is 0 Å². The van der Waals surface area contributed by atoms with Crippen molar-refractivity contribution in [2.45, 2.75) is 69.6 Å². The van der Waals surface area contributed by atoms with E-state index in [1.54, 1.807) is 12.2 Å². The maximum atomic E-state index is 13.4. The summed E-state index contributed by atoms with van der Waals surface area (Å²) in [5.74, 6) is 0.968. The van der Waals surface area contributed by atoms with Gasteiger partial charge in [0.2, 0.25) is 5.91 Å². The highest BCUT2D eigenvalue weighted by molar-refractivity contribution is 5.78. The zero-order valence-electron chi connectivity index (χ0n) is 15.2. The molecule has 2 N–H and O–H groups in total. The monoisotopic (exact) mass is 358 g/mol. The first-order valence-electron chi connectivity index (χ1n) is 9.99. The SMILES string of the molecule is CC(CC(=O)N1C2CC3CC1CC(O)(C3)C2)C1=CNC2=CC(F)=CCC21. The number of rotatable bonds is 3. The summed E-state index contributed by atoms with van der Waals surface area (Å²) >= 11 is 0. The maximum absolute atomic E-state index is 13.4. The van der Waals surface area contributed by atoms with Crippen molar-refractivity contribution in [3.05, 3.63) is 35.4 Å². The molecule has 2 saturated carbocycles. The number of piperidine rings is 2. The number of halogens is 1. The lowest BCUT2D eigenvalue weighted by Gasteiger charge is -2.59. The van der Waals surface area contributed by atoms with E-state index in [2.05, 4.69) is 17.1 Å². The van der Waals surface area contributed by atoms with Gasteiger partial charge in [-0.1, -0.05) is 6.92 Å². The first-order valence-corrected chi connectivity index (χ1v) is 9.99. The first kappa shape index (κ1) is 16.5. The molecule has 3 aliphatic heterocycles. The van der Waals surface area contributed by atoms with E-state index in [9.17, 15) is 14.3 Å². The van der Waals surface area contributed by atoms with Crippen molar-refractivity contribution in [1.82, 2.24) is 10.2 Å². The summed E-state index contributed by atoms with van der Waals surface area (Å²) in [6.07, 6.45) is 10.9. The summed E-state index contributed by atoms with van der Waals surface area (Å²) in [7, 11) is 0. The summed E-state index contributed by atoms with van der Waals surface area (Å²) in [5.41, 5.74) is 1.60. The Hall–Kier alpha value is -1.62. The zero-order valence-corrected chi connectivity index (χ0v) is 15.2. The lowest BCUT2D eigenvalue weighted by Crippen LogP contribution is -2.65. The molecule has 2 saturated heterocycles. The minimum atomic E-state index is -0.519. The molecule has 26 heavy (non-hydrogen) atoms. The van der Waals surface area contributed by atoms with Crippen molar-refractivity contribution < 1.29 is 14.3 Å². The van der Waals surface area contributed by atoms with Gasteiger partial charge in [-0.15, -0.1) is 0 Å². The smallest absolute Gasteiger partial charge is 0.223 e. The van der Waals surface area contributed by atoms with Crippen LogP contribution in [0.4, 0.5) is 4.39 Å². The van der Waals surface area contributed by atoms with Crippen LogP contribution >= 0.6 is 0 Å². The number of carbonyl (C=O) groups excluding carboxylic acids is 1. The first-order chi connectivity index (χ1) is 12.4. The van der Waals surface area contributed by atoms with Crippen molar-refractivity contribution in [3.8, 4) is 0 Å². The van der Waals surface area contributed by atoms with Crippen LogP contribution in [-0.4, -0.2) is 33.6 Å². The average Bonchev–Trinajstić information content (AvgIpc) is 2.95. The molecule has 3 aliphatic carbocycles. The molecule has 4 fully saturated rings. The van der Waals surface area contributed by atoms with Crippen molar-refractivity contribution >= 4 is 5.91 Å². The number of aliphatic hydroxyl groups is 1. The molecule has 4 unspecified atom stereocenters. The summed E-state index contributed by atoms with van der Waals surface area (Å²) in [6, 6.07) is 0.451. The molecule has 4 atom stereocenters. The highest BCUT2D eigenvalue weighted by atomic mass is 19.1. The van der Waals surface area contributed by atoms with Crippen molar-refractivity contribution in [3.63, 3.8) is 0 Å². The number of amides is 1. The van der Waals surface area contributed by atoms with Gasteiger partial charge in [-0.2, -0.15) is 0 Å². The van der Waals surface area contributed by atoms with Crippen LogP contribution < -0.4 is 5.32 Å². The Bertz CT molecular complexity index is 724. The third kappa shape index (κ3) is 2.55. The second-order valence-electron chi connectivity index (χ2n) is 9.15. The van der Waals surface area contributed by atoms with E-state index in [-0.39, 0.29) is 35.7 Å². The Morgan fingerprint density at radius 1 is 1.38 bits per heavy atom. The van der Waals surface area contributed by atoms with Gasteiger partial charge < -0.3 is 15.3 Å². The molecule has 4 nitrogen and oxygen atoms in total. The average molecular weight is 358 g/mol. The number of fused-ring (bicyclic) bond motifs is 1. The third-order valence-electron chi connectivity index (χ3n) is 7.26. The summed E-state index contributed by atoms with van der Waals surface area (Å²) < 4.78 is 13.4. The number of hydrogen-bond acceptors (Lipinski definition) is 3. The van der Waals surface area contributed by atoms with Gasteiger partial charge in [-0.3, -0.25) is 4.79 Å². The molecule has 3 heterocycles. The van der Waals surface area contributed by atoms with Gasteiger partial charge >= 0.3 is 0 Å². The number of nitrogens with one attached hydrogen (secondary N) is 1. The van der Waals surface area contributed by atoms with E-state index in [1.807, 2.05) is 6.20 Å². The van der Waals surface area contributed by atoms with Gasteiger partial charge in [-0.25, -0.2) is 4.39 Å². The van der Waals surface area contributed by atoms with Crippen LogP contribution in [0.2, 0.25) is 0 Å². The Morgan fingerprint density at radius 3 is 2.81 bits per heavy atom. The Morgan fingerprint density at radius 2 is 2.12 bits per heavy atom. The minimum absolute atomic E-state index is 0.140. The van der Waals surface area contributed by atoms with E-state index in [1.165, 1.54) is 5.57 Å². The predicted octanol–water partition coefficient (Wildman–Crippen LogP) is 3.16. The fourth-order valence-electron chi connectivity index (χ4n) is 6.35. The van der Waals surface area contributed by atoms with E-state index in [0.29, 0.717) is 18.8 Å². The largest absolute Gasteiger partial charge is 0.390 e. The van der Waals surface area contributed by atoms with Gasteiger partial charge in [0.15, 0.2) is 0 Å². The van der Waals surface area contributed by atoms with E-state index in [4.69, 9.17) is 0 Å². The summed E-state index contributed by atoms with van der Waals surface area (Å²) in [6.45, 7) is 2.10. The number of carbonyl (C=O) groups is 1. The molecular formula is C21H27FN2O2. The van der Waals surface area contributed by atoms with Crippen LogP contribution in [0.15, 0.2) is 35.4 Å². The number of hydrogen-bond donors (Lipinski definition) is 2. The molecule has 0 radical (unpaired) electrons. The zero-order chi connectivity index (χ0) is 18.1. The maximum Gasteiger partial charge on any atom is 0.223 e. The highest BCUT2D eigenvalue weighted by Crippen LogP contribution is 2.51. The Kier molecular flexibility index (Phi) is 3.62. The molecule has 5 heteroatoms. The molecule has 0 spiro atoms. The second-order valence-corrected chi connectivity index (χ2v) is 9.15. The Labute approximate surface area is 153 Å². The van der Waals surface area contributed by atoms with E-state index < -0.39 is 5.60 Å². The van der Waals surface area contributed by atoms with E-state index in [0.717, 1.165) is 37.8 Å². The van der Waals surface area contributed by atoms with Crippen LogP contribution in [-0.2, 0) is 4.79 Å². The van der Waals surface area contributed by atoms with Gasteiger partial charge in [0.1, 0.15) is 5.83 Å². The molecular weight excluding hydrogens is 331 g/mol. The van der Waals surface area contributed by atoms with Crippen molar-refractivity contribution in [1.29, 1.82) is 0 Å². The lowest BCUT2D eigenvalue weighted by molar-refractivity contribution is -0.175. The van der Waals surface area contributed by atoms with Crippen molar-refractivity contribution in [2.24, 2.45) is 17.8 Å². The Balaban J connectivity index is 1.27. The molecule has 0 aromatic heterocycles. The van der Waals surface area contributed by atoms with Gasteiger partial charge in [0.05, 0.1) is 5.60 Å². The molecule has 6 rings (SSSR count). The van der Waals surface area contributed by atoms with Crippen LogP contribution in [0.25, 0.3) is 0 Å². The van der Waals surface area contributed by atoms with Crippen molar-refractivity contribution in [2.75, 3.05) is 0 Å². The molecule has 1 amide bonds. The summed E-state index contributed by atoms with van der Waals surface area (Å²) in [4.78, 5) is 15.2. The standard InChI is InChI=1S/C21H27FN2O2/c1-12(18-11-23-19-7-14(22)2-3-17(18)19)4-20(25)24-15-5-13-6-16(24)10-21(26,8-13)9-15/h2,7,11-13,15-17,23,26H,3-6,8-10H2,1H3. The fraction of sp³-hybridized carbons (Fsp3) is 0.667. The third-order valence-corrected chi connectivity index (χ3v) is 7.26. The highest BCUT2D eigenvalue weighted by Gasteiger charge is 2.55. The van der Waals surface area contributed by atoms with Gasteiger partial charge in [0, 0.05) is 36.3 Å². The molecule has 4 bridgehead atoms. The van der Waals surface area contributed by atoms with Crippen LogP contribution in [0.5, 0.6) is 0 Å². The number of allylic oxidation sites excluding steroid dienone is 4. The van der Waals surface area contributed by atoms with Crippen LogP contribution in [0.3, 0.4) is 0 Å². The minimum Gasteiger partial charge on any atom is -0.390 e. The molecule has 140 valence electrons. The fourth-order valence-corrected chi connectivity index (χ4v) is 6.35. The van der Waals surface area contributed by atoms with Crippen LogP contribution in [0, 0.1) is 17.8 Å². The van der Waals surface area contributed by atoms with Gasteiger partial charge in [-0.05, 0) is 68.1 Å². The normalized spacial score (nSPS) is 41.2. The molecule has 0 aromatic rings. The topological polar surface area (TPSA) is 52.6 Å². The molecule has 0 aromatic carbocycles. The lowest BCUT2D eigenvalue weighted by atomic mass is 9.61. The van der Waals surface area contributed by atoms with E-state index >= 15 is 0 Å². The predicted molar refractivity (Wildman–Crippen MR) is 96.3 cm³/mol. The molecule has 6 aliphatic rings. The summed E-state index contributed by atoms with van der Waals surface area (Å²) in [5, 5.41) is 13.9.